The van der Waals surface area contributed by atoms with Crippen LogP contribution in [-0.2, 0) is 16.0 Å². The average Bonchev–Trinajstić information content (AvgIpc) is 3.49. The molecule has 5 heteroatoms. The van der Waals surface area contributed by atoms with E-state index in [1.165, 1.54) is 0 Å². The van der Waals surface area contributed by atoms with Crippen molar-refractivity contribution < 1.29 is 9.59 Å². The van der Waals surface area contributed by atoms with Gasteiger partial charge in [0.1, 0.15) is 5.41 Å². The Labute approximate surface area is 154 Å². The third kappa shape index (κ3) is 3.62. The first kappa shape index (κ1) is 18.1. The van der Waals surface area contributed by atoms with Crippen LogP contribution in [0.25, 0.3) is 0 Å². The molecule has 1 heterocycles. The number of hydrogen-bond acceptors (Lipinski definition) is 3. The van der Waals surface area contributed by atoms with Crippen molar-refractivity contribution in [2.24, 2.45) is 5.41 Å². The maximum Gasteiger partial charge on any atom is 0.242 e. The molecule has 0 unspecified atom stereocenters. The second-order valence-corrected chi connectivity index (χ2v) is 6.80. The Morgan fingerprint density at radius 1 is 1.04 bits per heavy atom. The van der Waals surface area contributed by atoms with Gasteiger partial charge in [0.05, 0.1) is 0 Å². The van der Waals surface area contributed by atoms with Gasteiger partial charge in [0.2, 0.25) is 11.8 Å². The Bertz CT molecular complexity index is 757. The van der Waals surface area contributed by atoms with E-state index in [2.05, 4.69) is 4.98 Å². The molecule has 1 saturated carbocycles. The van der Waals surface area contributed by atoms with E-state index in [0.29, 0.717) is 25.9 Å². The summed E-state index contributed by atoms with van der Waals surface area (Å²) in [5, 5.41) is 0. The van der Waals surface area contributed by atoms with Gasteiger partial charge in [0.15, 0.2) is 0 Å². The molecule has 136 valence electrons. The molecule has 0 atom stereocenters. The van der Waals surface area contributed by atoms with Gasteiger partial charge in [-0.15, -0.1) is 0 Å². The molecule has 1 aromatic carbocycles. The SMILES string of the molecule is CCN(C(=O)C1(C(=O)N(C)CCc2ccncc2)CC1)c1ccccc1. The fourth-order valence-electron chi connectivity index (χ4n) is 3.27. The van der Waals surface area contributed by atoms with Crippen LogP contribution in [-0.4, -0.2) is 41.8 Å². The summed E-state index contributed by atoms with van der Waals surface area (Å²) in [6.07, 6.45) is 5.52. The number of benzene rings is 1. The van der Waals surface area contributed by atoms with Gasteiger partial charge in [-0.25, -0.2) is 0 Å². The van der Waals surface area contributed by atoms with E-state index in [0.717, 1.165) is 17.7 Å². The standard InChI is InChI=1S/C21H25N3O2/c1-3-24(18-7-5-4-6-8-18)20(26)21(12-13-21)19(25)23(2)16-11-17-9-14-22-15-10-17/h4-10,14-15H,3,11-13,16H2,1-2H3. The molecule has 0 aliphatic heterocycles. The van der Waals surface area contributed by atoms with Gasteiger partial charge in [0.25, 0.3) is 0 Å². The van der Waals surface area contributed by atoms with E-state index >= 15 is 0 Å². The first-order valence-electron chi connectivity index (χ1n) is 9.10. The number of pyridine rings is 1. The zero-order chi connectivity index (χ0) is 18.6. The van der Waals surface area contributed by atoms with Gasteiger partial charge < -0.3 is 9.80 Å². The van der Waals surface area contributed by atoms with Gasteiger partial charge in [-0.3, -0.25) is 14.6 Å². The molecule has 0 radical (unpaired) electrons. The number of likely N-dealkylation sites (N-methyl/N-ethyl adjacent to an activating group) is 1. The highest BCUT2D eigenvalue weighted by Gasteiger charge is 2.59. The molecule has 1 aromatic heterocycles. The molecule has 26 heavy (non-hydrogen) atoms. The lowest BCUT2D eigenvalue weighted by molar-refractivity contribution is -0.142. The number of hydrogen-bond donors (Lipinski definition) is 0. The number of nitrogens with zero attached hydrogens (tertiary/aromatic N) is 3. The highest BCUT2D eigenvalue weighted by atomic mass is 16.2. The first-order valence-corrected chi connectivity index (χ1v) is 9.10. The highest BCUT2D eigenvalue weighted by Crippen LogP contribution is 2.49. The van der Waals surface area contributed by atoms with Crippen molar-refractivity contribution >= 4 is 17.5 Å². The maximum atomic E-state index is 13.1. The monoisotopic (exact) mass is 351 g/mol. The maximum absolute atomic E-state index is 13.1. The third-order valence-electron chi connectivity index (χ3n) is 5.03. The molecule has 0 bridgehead atoms. The van der Waals surface area contributed by atoms with Gasteiger partial charge in [-0.05, 0) is 56.0 Å². The molecule has 0 spiro atoms. The van der Waals surface area contributed by atoms with Crippen LogP contribution in [0.2, 0.25) is 0 Å². The molecule has 5 nitrogen and oxygen atoms in total. The molecular formula is C21H25N3O2. The van der Waals surface area contributed by atoms with Crippen molar-refractivity contribution in [3.63, 3.8) is 0 Å². The molecule has 1 aliphatic rings. The summed E-state index contributed by atoms with van der Waals surface area (Å²) in [5.74, 6) is -0.141. The number of carbonyl (C=O) groups excluding carboxylic acids is 2. The van der Waals surface area contributed by atoms with Gasteiger partial charge >= 0.3 is 0 Å². The van der Waals surface area contributed by atoms with Crippen molar-refractivity contribution in [2.75, 3.05) is 25.0 Å². The molecule has 1 fully saturated rings. The largest absolute Gasteiger partial charge is 0.344 e. The predicted octanol–water partition coefficient (Wildman–Crippen LogP) is 2.92. The zero-order valence-electron chi connectivity index (χ0n) is 15.4. The normalized spacial score (nSPS) is 14.5. The molecular weight excluding hydrogens is 326 g/mol. The van der Waals surface area contributed by atoms with Crippen LogP contribution in [0.4, 0.5) is 5.69 Å². The molecule has 2 amide bonds. The number of rotatable bonds is 7. The van der Waals surface area contributed by atoms with Crippen molar-refractivity contribution in [3.05, 3.63) is 60.4 Å². The summed E-state index contributed by atoms with van der Waals surface area (Å²) in [6, 6.07) is 13.5. The molecule has 0 saturated heterocycles. The minimum absolute atomic E-state index is 0.0639. The van der Waals surface area contributed by atoms with E-state index in [-0.39, 0.29) is 11.8 Å². The summed E-state index contributed by atoms with van der Waals surface area (Å²) in [6.45, 7) is 3.09. The van der Waals surface area contributed by atoms with Gasteiger partial charge in [-0.2, -0.15) is 0 Å². The van der Waals surface area contributed by atoms with Crippen LogP contribution in [0.15, 0.2) is 54.9 Å². The van der Waals surface area contributed by atoms with Crippen LogP contribution < -0.4 is 4.90 Å². The Morgan fingerprint density at radius 2 is 1.69 bits per heavy atom. The fraction of sp³-hybridized carbons (Fsp3) is 0.381. The number of anilines is 1. The summed E-state index contributed by atoms with van der Waals surface area (Å²) in [7, 11) is 1.79. The lowest BCUT2D eigenvalue weighted by Gasteiger charge is -2.28. The lowest BCUT2D eigenvalue weighted by atomic mass is 10.0. The van der Waals surface area contributed by atoms with Crippen LogP contribution in [0.3, 0.4) is 0 Å². The molecule has 3 rings (SSSR count). The van der Waals surface area contributed by atoms with E-state index in [1.807, 2.05) is 49.4 Å². The van der Waals surface area contributed by atoms with Gasteiger partial charge in [-0.1, -0.05) is 18.2 Å². The minimum atomic E-state index is -0.876. The summed E-state index contributed by atoms with van der Waals surface area (Å²) < 4.78 is 0. The topological polar surface area (TPSA) is 53.5 Å². The Hall–Kier alpha value is -2.69. The summed E-state index contributed by atoms with van der Waals surface area (Å²) in [5.41, 5.74) is 1.10. The van der Waals surface area contributed by atoms with Crippen molar-refractivity contribution in [1.82, 2.24) is 9.88 Å². The highest BCUT2D eigenvalue weighted by molar-refractivity contribution is 6.14. The van der Waals surface area contributed by atoms with E-state index in [4.69, 9.17) is 0 Å². The summed E-state index contributed by atoms with van der Waals surface area (Å²) >= 11 is 0. The third-order valence-corrected chi connectivity index (χ3v) is 5.03. The van der Waals surface area contributed by atoms with Crippen LogP contribution >= 0.6 is 0 Å². The number of aromatic nitrogens is 1. The quantitative estimate of drug-likeness (QED) is 0.721. The van der Waals surface area contributed by atoms with Crippen molar-refractivity contribution in [1.29, 1.82) is 0 Å². The molecule has 0 N–H and O–H groups in total. The van der Waals surface area contributed by atoms with Crippen LogP contribution in [0.1, 0.15) is 25.3 Å². The number of para-hydroxylation sites is 1. The lowest BCUT2D eigenvalue weighted by Crippen LogP contribution is -2.46. The summed E-state index contributed by atoms with van der Waals surface area (Å²) in [4.78, 5) is 33.6. The smallest absolute Gasteiger partial charge is 0.242 e. The van der Waals surface area contributed by atoms with E-state index in [9.17, 15) is 9.59 Å². The molecule has 2 aromatic rings. The Kier molecular flexibility index (Phi) is 5.35. The van der Waals surface area contributed by atoms with Crippen LogP contribution in [0.5, 0.6) is 0 Å². The average molecular weight is 351 g/mol. The minimum Gasteiger partial charge on any atom is -0.344 e. The first-order chi connectivity index (χ1) is 12.6. The number of carbonyl (C=O) groups is 2. The zero-order valence-corrected chi connectivity index (χ0v) is 15.4. The van der Waals surface area contributed by atoms with Crippen LogP contribution in [0, 0.1) is 5.41 Å². The molecule has 1 aliphatic carbocycles. The Balaban J connectivity index is 1.68. The fourth-order valence-corrected chi connectivity index (χ4v) is 3.27. The van der Waals surface area contributed by atoms with Gasteiger partial charge in [0, 0.05) is 38.2 Å². The van der Waals surface area contributed by atoms with Crippen molar-refractivity contribution in [3.8, 4) is 0 Å². The predicted molar refractivity (Wildman–Crippen MR) is 102 cm³/mol. The van der Waals surface area contributed by atoms with E-state index < -0.39 is 5.41 Å². The van der Waals surface area contributed by atoms with E-state index in [1.54, 1.807) is 29.2 Å². The Morgan fingerprint density at radius 3 is 2.27 bits per heavy atom. The second kappa shape index (κ2) is 7.68. The second-order valence-electron chi connectivity index (χ2n) is 6.80. The van der Waals surface area contributed by atoms with Crippen molar-refractivity contribution in [2.45, 2.75) is 26.2 Å². The number of amides is 2.